The molecule has 7 aliphatic rings. The van der Waals surface area contributed by atoms with Gasteiger partial charge < -0.3 is 59.4 Å². The summed E-state index contributed by atoms with van der Waals surface area (Å²) >= 11 is 0. The van der Waals surface area contributed by atoms with E-state index in [0.29, 0.717) is 112 Å². The summed E-state index contributed by atoms with van der Waals surface area (Å²) in [5, 5.41) is 73.9. The molecule has 132 heavy (non-hydrogen) atoms. The molecule has 6 N–H and O–H groups in total. The van der Waals surface area contributed by atoms with Gasteiger partial charge in [0.2, 0.25) is 21.8 Å². The van der Waals surface area contributed by atoms with E-state index in [4.69, 9.17) is 18.9 Å². The van der Waals surface area contributed by atoms with Crippen LogP contribution in [0.2, 0.25) is 0 Å². The van der Waals surface area contributed by atoms with Gasteiger partial charge in [0, 0.05) is 89.1 Å². The topological polar surface area (TPSA) is 428 Å². The SMILES string of the molecule is CN(C(=O)Cc1c(-c2ccc(O[C@H]3CCC[C@H](C(=O)O)C3)cc2)nnn1C)C1CCCC1.Cn1nnc(-c2ccc(O[C@H]3CCC[C@H](C(=O)O)C3)cc2)c1CN1CCN(Cc2ccccc2)C1=O.Cn1nnc(-c2ccc(O[C@H]3CCC[C@H](C(=O)O)C3)cc2)c1CNC(=O)C1CCCC1.Cn1nnc(-c2ccc(O[C@H]3CCC[C@H](C(=O)O)C3)cc2)c1CNS(=O)(=O)c1ccccc1. The number of nitrogens with one attached hydrogen (secondary N) is 2. The Morgan fingerprint density at radius 1 is 0.394 bits per heavy atom. The Labute approximate surface area is 767 Å². The average Bonchev–Trinajstić information content (AvgIpc) is 1.66. The lowest BCUT2D eigenvalue weighted by molar-refractivity contribution is -0.144. The van der Waals surface area contributed by atoms with E-state index in [9.17, 15) is 62.4 Å². The molecule has 5 heterocycles. The Kier molecular flexibility index (Phi) is 32.3. The maximum Gasteiger partial charge on any atom is 0.320 e. The number of aliphatic carboxylic acids is 4. The molecule has 0 spiro atoms. The van der Waals surface area contributed by atoms with E-state index in [1.54, 1.807) is 44.0 Å². The number of ether oxygens (including phenoxy) is 4. The van der Waals surface area contributed by atoms with Gasteiger partial charge in [0.05, 0.1) is 102 Å². The number of aromatic nitrogens is 12. The van der Waals surface area contributed by atoms with Gasteiger partial charge in [0.15, 0.2) is 0 Å². The second kappa shape index (κ2) is 44.8. The molecule has 6 aliphatic carbocycles. The summed E-state index contributed by atoms with van der Waals surface area (Å²) in [4.78, 5) is 89.2. The highest BCUT2D eigenvalue weighted by molar-refractivity contribution is 7.89. The molecule has 1 saturated heterocycles. The first-order valence-corrected chi connectivity index (χ1v) is 47.4. The van der Waals surface area contributed by atoms with Crippen LogP contribution < -0.4 is 29.0 Å². The van der Waals surface area contributed by atoms with Gasteiger partial charge in [-0.3, -0.25) is 38.1 Å². The van der Waals surface area contributed by atoms with Crippen LogP contribution in [0.25, 0.3) is 45.0 Å². The number of nitrogens with zero attached hydrogens (tertiary/aromatic N) is 15. The Morgan fingerprint density at radius 3 is 1.11 bits per heavy atom. The number of carboxylic acids is 4. The van der Waals surface area contributed by atoms with E-state index in [1.807, 2.05) is 170 Å². The standard InChI is InChI=1S/C27H31N5O4.C24H32N4O4.C23H26N4O5S.C23H30N4O4/c1-30-24(18-32-15-14-31(27(32)35)17-19-6-3-2-4-7-19)25(28-29-30)20-10-12-22(13-11-20)36-23-9-5-8-21(16-23)26(33)34;1-27(18-7-3-4-8-18)22(29)15-21-23(25-26-28(21)2)16-10-12-19(13-11-16)32-20-9-5-6-17(14-20)24(30)31;1-27-21(15-24-33(30,31)20-8-3-2-4-9-20)22(25-26-27)16-10-12-18(13-11-16)32-19-7-5-6-17(14-19)23(28)29;1-27-20(14-24-22(28)16-5-2-3-6-16)21(25-26-27)15-9-11-18(12-10-15)31-19-8-4-7-17(13-19)23(29)30/h2-4,6-7,10-13,21,23H,5,8-9,14-18H2,1H3,(H,33,34);10-13,17-18,20H,3-9,14-15H2,1-2H3,(H,30,31);2-4,8-13,17,19,24H,5-7,14-15H2,1H3,(H,28,29);9-12,16-17,19H,2-8,13-14H2,1H3,(H,24,28)(H,29,30)/t21-,23-;17-,20-;2*17-,19-/m0000/s1. The number of aryl methyl sites for hydroxylation is 4. The van der Waals surface area contributed by atoms with E-state index >= 15 is 0 Å². The lowest BCUT2D eigenvalue weighted by atomic mass is 9.87. The number of likely N-dealkylation sites (N-methyl/N-ethyl adjacent to an activating group) is 1. The summed E-state index contributed by atoms with van der Waals surface area (Å²) < 4.78 is 58.6. The summed E-state index contributed by atoms with van der Waals surface area (Å²) in [6.45, 7) is 2.80. The van der Waals surface area contributed by atoms with E-state index in [-0.39, 0.29) is 89.7 Å². The maximum absolute atomic E-state index is 13.0. The average molecular weight is 1830 g/mol. The van der Waals surface area contributed by atoms with Gasteiger partial charge in [-0.05, 0) is 243 Å². The molecule has 34 nitrogen and oxygen atoms in total. The van der Waals surface area contributed by atoms with Crippen LogP contribution >= 0.6 is 0 Å². The number of carboxylic acid groups (broad SMARTS) is 4. The highest BCUT2D eigenvalue weighted by Crippen LogP contribution is 2.37. The molecular weight excluding hydrogens is 1710 g/mol. The molecular formula is C97H119N17O17S. The number of amides is 4. The van der Waals surface area contributed by atoms with Crippen LogP contribution in [-0.4, -0.2) is 196 Å². The summed E-state index contributed by atoms with van der Waals surface area (Å²) in [7, 11) is 5.42. The van der Waals surface area contributed by atoms with Crippen LogP contribution in [-0.2, 0) is 99.6 Å². The van der Waals surface area contributed by atoms with E-state index in [2.05, 4.69) is 51.3 Å². The van der Waals surface area contributed by atoms with E-state index in [0.717, 1.165) is 165 Å². The van der Waals surface area contributed by atoms with Gasteiger partial charge in [-0.25, -0.2) is 27.3 Å². The number of hydrogen-bond donors (Lipinski definition) is 6. The minimum atomic E-state index is -3.67. The largest absolute Gasteiger partial charge is 0.490 e. The van der Waals surface area contributed by atoms with E-state index < -0.39 is 33.9 Å². The molecule has 7 fully saturated rings. The first-order valence-electron chi connectivity index (χ1n) is 45.9. The van der Waals surface area contributed by atoms with Crippen LogP contribution in [0.15, 0.2) is 163 Å². The summed E-state index contributed by atoms with van der Waals surface area (Å²) in [5.41, 5.74) is 10.5. The Hall–Kier alpha value is -12.9. The van der Waals surface area contributed by atoms with Crippen molar-refractivity contribution < 1.29 is 81.4 Å². The quantitative estimate of drug-likeness (QED) is 0.0243. The number of carbonyl (C=O) groups excluding carboxylic acids is 3. The zero-order chi connectivity index (χ0) is 93.0. The smallest absolute Gasteiger partial charge is 0.320 e. The molecule has 10 aromatic rings. The van der Waals surface area contributed by atoms with Gasteiger partial charge in [-0.15, -0.1) is 20.4 Å². The predicted octanol–water partition coefficient (Wildman–Crippen LogP) is 13.7. The minimum Gasteiger partial charge on any atom is -0.490 e. The van der Waals surface area contributed by atoms with Crippen molar-refractivity contribution in [3.05, 3.63) is 186 Å². The van der Waals surface area contributed by atoms with Crippen LogP contribution in [0.5, 0.6) is 23.0 Å². The number of urea groups is 1. The Morgan fingerprint density at radius 2 is 0.720 bits per heavy atom. The third-order valence-corrected chi connectivity index (χ3v) is 27.8. The van der Waals surface area contributed by atoms with Crippen molar-refractivity contribution in [2.24, 2.45) is 57.8 Å². The Balaban J connectivity index is 0.000000142. The molecule has 4 aromatic heterocycles. The molecule has 0 bridgehead atoms. The fourth-order valence-corrected chi connectivity index (χ4v) is 19.6. The summed E-state index contributed by atoms with van der Waals surface area (Å²) in [6, 6.07) is 48.7. The lowest BCUT2D eigenvalue weighted by Gasteiger charge is -2.27. The van der Waals surface area contributed by atoms with Gasteiger partial charge in [0.1, 0.15) is 45.8 Å². The monoisotopic (exact) mass is 1830 g/mol. The third kappa shape index (κ3) is 25.0. The first-order chi connectivity index (χ1) is 63.7. The van der Waals surface area contributed by atoms with Crippen LogP contribution in [0, 0.1) is 29.6 Å². The molecule has 4 amide bonds. The predicted molar refractivity (Wildman–Crippen MR) is 487 cm³/mol. The van der Waals surface area contributed by atoms with Gasteiger partial charge in [-0.1, -0.05) is 95.1 Å². The Bertz CT molecular complexity index is 5670. The van der Waals surface area contributed by atoms with Gasteiger partial charge in [0.25, 0.3) is 0 Å². The van der Waals surface area contributed by atoms with Gasteiger partial charge in [-0.2, -0.15) is 0 Å². The number of benzene rings is 6. The minimum absolute atomic E-state index is 0.0156. The second-order valence-electron chi connectivity index (χ2n) is 35.5. The maximum atomic E-state index is 13.0. The van der Waals surface area contributed by atoms with Crippen molar-refractivity contribution in [3.8, 4) is 68.0 Å². The van der Waals surface area contributed by atoms with Gasteiger partial charge >= 0.3 is 29.9 Å². The molecule has 6 aromatic carbocycles. The molecule has 6 saturated carbocycles. The van der Waals surface area contributed by atoms with Crippen molar-refractivity contribution in [1.82, 2.24) is 84.7 Å². The highest BCUT2D eigenvalue weighted by Gasteiger charge is 2.36. The molecule has 8 atom stereocenters. The molecule has 0 radical (unpaired) electrons. The fraction of sp³-hybridized carbons (Fsp3) is 0.474. The lowest BCUT2D eigenvalue weighted by Crippen LogP contribution is -2.36. The van der Waals surface area contributed by atoms with Crippen molar-refractivity contribution >= 4 is 51.7 Å². The summed E-state index contributed by atoms with van der Waals surface area (Å²) in [6.07, 6.45) is 20.5. The van der Waals surface area contributed by atoms with Crippen molar-refractivity contribution in [3.63, 3.8) is 0 Å². The van der Waals surface area contributed by atoms with E-state index in [1.165, 1.54) is 25.0 Å². The second-order valence-corrected chi connectivity index (χ2v) is 37.2. The third-order valence-electron chi connectivity index (χ3n) is 26.4. The molecule has 700 valence electrons. The van der Waals surface area contributed by atoms with Crippen molar-refractivity contribution in [1.29, 1.82) is 0 Å². The molecule has 1 aliphatic heterocycles. The number of carbonyl (C=O) groups is 7. The van der Waals surface area contributed by atoms with Crippen molar-refractivity contribution in [2.75, 3.05) is 20.1 Å². The van der Waals surface area contributed by atoms with Crippen LogP contribution in [0.3, 0.4) is 0 Å². The van der Waals surface area contributed by atoms with Crippen molar-refractivity contribution in [2.45, 2.75) is 222 Å². The van der Waals surface area contributed by atoms with Crippen LogP contribution in [0.1, 0.15) is 182 Å². The molecule has 17 rings (SSSR count). The number of sulfonamides is 1. The summed E-state index contributed by atoms with van der Waals surface area (Å²) in [5.74, 6) is -1.18. The fourth-order valence-electron chi connectivity index (χ4n) is 18.6. The first kappa shape index (κ1) is 95.2. The molecule has 0 unspecified atom stereocenters. The number of hydrogen-bond acceptors (Lipinski definition) is 21. The zero-order valence-corrected chi connectivity index (χ0v) is 76.2. The normalized spacial score (nSPS) is 20.4. The number of rotatable bonds is 30. The molecule has 35 heteroatoms. The zero-order valence-electron chi connectivity index (χ0n) is 75.4. The highest BCUT2D eigenvalue weighted by atomic mass is 32.2. The van der Waals surface area contributed by atoms with Crippen LogP contribution in [0.4, 0.5) is 4.79 Å².